The van der Waals surface area contributed by atoms with Gasteiger partial charge in [-0.05, 0) is 29.5 Å². The van der Waals surface area contributed by atoms with Crippen molar-refractivity contribution in [1.29, 1.82) is 0 Å². The first-order chi connectivity index (χ1) is 10.4. The predicted molar refractivity (Wildman–Crippen MR) is 90.5 cm³/mol. The Morgan fingerprint density at radius 2 is 1.86 bits per heavy atom. The third kappa shape index (κ3) is 6.12. The van der Waals surface area contributed by atoms with Crippen LogP contribution in [0.4, 0.5) is 0 Å². The van der Waals surface area contributed by atoms with E-state index in [-0.39, 0.29) is 18.4 Å². The zero-order valence-corrected chi connectivity index (χ0v) is 13.9. The van der Waals surface area contributed by atoms with Crippen molar-refractivity contribution < 1.29 is 9.59 Å². The molecule has 2 amide bonds. The average Bonchev–Trinajstić information content (AvgIpc) is 2.50. The lowest BCUT2D eigenvalue weighted by molar-refractivity contribution is -0.131. The smallest absolute Gasteiger partial charge is 0.246 e. The lowest BCUT2D eigenvalue weighted by Gasteiger charge is -2.14. The van der Waals surface area contributed by atoms with E-state index in [1.807, 2.05) is 19.1 Å². The van der Waals surface area contributed by atoms with Gasteiger partial charge in [-0.25, -0.2) is 0 Å². The molecule has 0 aliphatic heterocycles. The normalized spacial score (nSPS) is 11.0. The number of carbonyl (C=O) groups is 2. The molecule has 1 aromatic rings. The quantitative estimate of drug-likeness (QED) is 0.787. The van der Waals surface area contributed by atoms with E-state index in [1.54, 1.807) is 13.1 Å². The fraction of sp³-hybridized carbons (Fsp3) is 0.444. The van der Waals surface area contributed by atoms with Gasteiger partial charge in [-0.3, -0.25) is 9.59 Å². The fourth-order valence-electron chi connectivity index (χ4n) is 1.90. The van der Waals surface area contributed by atoms with Crippen LogP contribution in [0, 0.1) is 0 Å². The van der Waals surface area contributed by atoms with Gasteiger partial charge in [0.2, 0.25) is 11.8 Å². The van der Waals surface area contributed by atoms with Crippen molar-refractivity contribution in [2.75, 3.05) is 20.1 Å². The van der Waals surface area contributed by atoms with Crippen molar-refractivity contribution in [3.63, 3.8) is 0 Å². The number of carbonyl (C=O) groups excluding carboxylic acids is 2. The highest BCUT2D eigenvalue weighted by Gasteiger charge is 2.09. The predicted octanol–water partition coefficient (Wildman–Crippen LogP) is 2.81. The van der Waals surface area contributed by atoms with Gasteiger partial charge in [0.15, 0.2) is 0 Å². The van der Waals surface area contributed by atoms with Gasteiger partial charge < -0.3 is 10.2 Å². The molecule has 0 bridgehead atoms. The standard InChI is InChI=1S/C18H26N2O2/c1-5-12-19-17(21)13-20(4)18(22)11-8-15-6-9-16(10-7-15)14(2)3/h6-11,14H,5,12-13H2,1-4H3,(H,19,21)/b11-8+. The largest absolute Gasteiger partial charge is 0.355 e. The molecule has 0 aliphatic carbocycles. The molecule has 0 fully saturated rings. The molecule has 0 saturated heterocycles. The van der Waals surface area contributed by atoms with Gasteiger partial charge in [-0.15, -0.1) is 0 Å². The highest BCUT2D eigenvalue weighted by Crippen LogP contribution is 2.15. The summed E-state index contributed by atoms with van der Waals surface area (Å²) >= 11 is 0. The number of rotatable bonds is 7. The topological polar surface area (TPSA) is 49.4 Å². The number of hydrogen-bond acceptors (Lipinski definition) is 2. The lowest BCUT2D eigenvalue weighted by atomic mass is 10.0. The second-order valence-electron chi connectivity index (χ2n) is 5.70. The maximum Gasteiger partial charge on any atom is 0.246 e. The van der Waals surface area contributed by atoms with Gasteiger partial charge in [-0.1, -0.05) is 45.0 Å². The Labute approximate surface area is 133 Å². The molecular formula is C18H26N2O2. The molecule has 22 heavy (non-hydrogen) atoms. The number of likely N-dealkylation sites (N-methyl/N-ethyl adjacent to an activating group) is 1. The molecule has 0 radical (unpaired) electrons. The average molecular weight is 302 g/mol. The number of benzene rings is 1. The van der Waals surface area contributed by atoms with Crippen molar-refractivity contribution in [3.8, 4) is 0 Å². The second kappa shape index (κ2) is 9.03. The lowest BCUT2D eigenvalue weighted by Crippen LogP contribution is -2.37. The number of hydrogen-bond donors (Lipinski definition) is 1. The van der Waals surface area contributed by atoms with Gasteiger partial charge in [0.1, 0.15) is 0 Å². The first-order valence-corrected chi connectivity index (χ1v) is 7.73. The summed E-state index contributed by atoms with van der Waals surface area (Å²) in [6.07, 6.45) is 4.15. The van der Waals surface area contributed by atoms with E-state index in [1.165, 1.54) is 16.5 Å². The van der Waals surface area contributed by atoms with Crippen molar-refractivity contribution in [2.45, 2.75) is 33.1 Å². The van der Waals surface area contributed by atoms with Crippen LogP contribution >= 0.6 is 0 Å². The Morgan fingerprint density at radius 3 is 2.41 bits per heavy atom. The summed E-state index contributed by atoms with van der Waals surface area (Å²) in [4.78, 5) is 24.9. The summed E-state index contributed by atoms with van der Waals surface area (Å²) in [6, 6.07) is 8.12. The maximum atomic E-state index is 12.0. The molecule has 0 aliphatic rings. The number of nitrogens with zero attached hydrogens (tertiary/aromatic N) is 1. The highest BCUT2D eigenvalue weighted by molar-refractivity contribution is 5.94. The number of nitrogens with one attached hydrogen (secondary N) is 1. The minimum atomic E-state index is -0.181. The van der Waals surface area contributed by atoms with Crippen LogP contribution < -0.4 is 5.32 Å². The molecule has 0 spiro atoms. The third-order valence-corrected chi connectivity index (χ3v) is 3.35. The van der Waals surface area contributed by atoms with E-state index < -0.39 is 0 Å². The van der Waals surface area contributed by atoms with Crippen molar-refractivity contribution in [2.24, 2.45) is 0 Å². The van der Waals surface area contributed by atoms with Crippen LogP contribution in [0.25, 0.3) is 6.08 Å². The van der Waals surface area contributed by atoms with Gasteiger partial charge in [0, 0.05) is 19.7 Å². The van der Waals surface area contributed by atoms with Crippen molar-refractivity contribution in [3.05, 3.63) is 41.5 Å². The van der Waals surface area contributed by atoms with E-state index in [2.05, 4.69) is 31.3 Å². The summed E-state index contributed by atoms with van der Waals surface area (Å²) in [5, 5.41) is 2.75. The van der Waals surface area contributed by atoms with E-state index in [0.717, 1.165) is 12.0 Å². The molecule has 120 valence electrons. The molecule has 0 aromatic heterocycles. The molecule has 0 heterocycles. The third-order valence-electron chi connectivity index (χ3n) is 3.35. The first-order valence-electron chi connectivity index (χ1n) is 7.73. The SMILES string of the molecule is CCCNC(=O)CN(C)C(=O)/C=C/c1ccc(C(C)C)cc1. The van der Waals surface area contributed by atoms with Crippen LogP contribution in [-0.4, -0.2) is 36.9 Å². The monoisotopic (exact) mass is 302 g/mol. The molecule has 1 rings (SSSR count). The first kappa shape index (κ1) is 18.0. The summed E-state index contributed by atoms with van der Waals surface area (Å²) < 4.78 is 0. The summed E-state index contributed by atoms with van der Waals surface area (Å²) in [5.41, 5.74) is 2.25. The van der Waals surface area contributed by atoms with E-state index in [9.17, 15) is 9.59 Å². The van der Waals surface area contributed by atoms with Gasteiger partial charge >= 0.3 is 0 Å². The van der Waals surface area contributed by atoms with E-state index >= 15 is 0 Å². The maximum absolute atomic E-state index is 12.0. The zero-order valence-electron chi connectivity index (χ0n) is 13.9. The Balaban J connectivity index is 2.54. The number of amides is 2. The Bertz CT molecular complexity index is 518. The fourth-order valence-corrected chi connectivity index (χ4v) is 1.90. The second-order valence-corrected chi connectivity index (χ2v) is 5.70. The minimum absolute atomic E-state index is 0.0788. The van der Waals surface area contributed by atoms with Crippen LogP contribution in [0.5, 0.6) is 0 Å². The van der Waals surface area contributed by atoms with Crippen LogP contribution in [0.2, 0.25) is 0 Å². The molecular weight excluding hydrogens is 276 g/mol. The van der Waals surface area contributed by atoms with E-state index in [0.29, 0.717) is 12.5 Å². The summed E-state index contributed by atoms with van der Waals surface area (Å²) in [6.45, 7) is 7.00. The zero-order chi connectivity index (χ0) is 16.5. The van der Waals surface area contributed by atoms with Crippen LogP contribution in [0.3, 0.4) is 0 Å². The molecule has 0 unspecified atom stereocenters. The van der Waals surface area contributed by atoms with E-state index in [4.69, 9.17) is 0 Å². The molecule has 0 saturated carbocycles. The molecule has 1 aromatic carbocycles. The summed E-state index contributed by atoms with van der Waals surface area (Å²) in [5.74, 6) is 0.180. The van der Waals surface area contributed by atoms with Gasteiger partial charge in [0.05, 0.1) is 6.54 Å². The molecule has 0 atom stereocenters. The van der Waals surface area contributed by atoms with Crippen molar-refractivity contribution in [1.82, 2.24) is 10.2 Å². The Hall–Kier alpha value is -2.10. The van der Waals surface area contributed by atoms with Crippen molar-refractivity contribution >= 4 is 17.9 Å². The molecule has 4 heteroatoms. The van der Waals surface area contributed by atoms with Gasteiger partial charge in [0.25, 0.3) is 0 Å². The summed E-state index contributed by atoms with van der Waals surface area (Å²) in [7, 11) is 1.63. The minimum Gasteiger partial charge on any atom is -0.355 e. The van der Waals surface area contributed by atoms with Crippen LogP contribution in [0.15, 0.2) is 30.3 Å². The Kier molecular flexibility index (Phi) is 7.37. The Morgan fingerprint density at radius 1 is 1.23 bits per heavy atom. The molecule has 4 nitrogen and oxygen atoms in total. The van der Waals surface area contributed by atoms with Crippen LogP contribution in [0.1, 0.15) is 44.2 Å². The van der Waals surface area contributed by atoms with Gasteiger partial charge in [-0.2, -0.15) is 0 Å². The highest BCUT2D eigenvalue weighted by atomic mass is 16.2. The molecule has 1 N–H and O–H groups in total. The van der Waals surface area contributed by atoms with Crippen LogP contribution in [-0.2, 0) is 9.59 Å².